The number of ether oxygens (including phenoxy) is 3. The minimum atomic E-state index is -0.345. The Morgan fingerprint density at radius 1 is 0.920 bits per heavy atom. The molecule has 2 saturated heterocycles. The van der Waals surface area contributed by atoms with Crippen molar-refractivity contribution in [2.24, 2.45) is 5.92 Å². The van der Waals surface area contributed by atoms with Crippen LogP contribution in [0.3, 0.4) is 0 Å². The van der Waals surface area contributed by atoms with E-state index in [2.05, 4.69) is 23.0 Å². The average Bonchev–Trinajstić information content (AvgIpc) is 3.27. The molecule has 0 radical (unpaired) electrons. The standard InChI is InChI=1S/C19H18N2O4/c22-16-9-13(12-6-7-14-15(8-12)24-10-23-14)17-18(20-21-19(17)25-16)11-4-2-1-3-5-11/h1-8,13,17-21H,9-10H2. The Labute approximate surface area is 145 Å². The average molecular weight is 338 g/mol. The van der Waals surface area contributed by atoms with Crippen LogP contribution in [0.15, 0.2) is 48.5 Å². The van der Waals surface area contributed by atoms with Crippen molar-refractivity contribution in [1.29, 1.82) is 0 Å². The SMILES string of the molecule is O=C1CC(c2ccc3c(c2)OCO3)C2C(NNC2c2ccccc2)O1. The lowest BCUT2D eigenvalue weighted by atomic mass is 9.76. The molecule has 3 aliphatic rings. The number of carbonyl (C=O) groups excluding carboxylic acids is 1. The van der Waals surface area contributed by atoms with Gasteiger partial charge in [0.15, 0.2) is 17.7 Å². The molecule has 6 nitrogen and oxygen atoms in total. The molecule has 0 aliphatic carbocycles. The molecule has 6 heteroatoms. The summed E-state index contributed by atoms with van der Waals surface area (Å²) in [7, 11) is 0. The lowest BCUT2D eigenvalue weighted by Gasteiger charge is -2.35. The van der Waals surface area contributed by atoms with E-state index in [1.54, 1.807) is 0 Å². The number of rotatable bonds is 2. The highest BCUT2D eigenvalue weighted by Crippen LogP contribution is 2.46. The van der Waals surface area contributed by atoms with E-state index in [0.29, 0.717) is 6.42 Å². The number of fused-ring (bicyclic) bond motifs is 2. The summed E-state index contributed by atoms with van der Waals surface area (Å²) in [5.74, 6) is 1.44. The predicted octanol–water partition coefficient (Wildman–Crippen LogP) is 2.24. The fourth-order valence-corrected chi connectivity index (χ4v) is 4.05. The smallest absolute Gasteiger partial charge is 0.308 e. The molecule has 0 spiro atoms. The zero-order chi connectivity index (χ0) is 16.8. The van der Waals surface area contributed by atoms with Crippen LogP contribution >= 0.6 is 0 Å². The van der Waals surface area contributed by atoms with Gasteiger partial charge >= 0.3 is 5.97 Å². The van der Waals surface area contributed by atoms with Gasteiger partial charge in [-0.05, 0) is 23.3 Å². The predicted molar refractivity (Wildman–Crippen MR) is 88.7 cm³/mol. The molecule has 0 bridgehead atoms. The first-order valence-corrected chi connectivity index (χ1v) is 8.44. The first-order valence-electron chi connectivity index (χ1n) is 8.44. The highest BCUT2D eigenvalue weighted by molar-refractivity contribution is 5.72. The third-order valence-corrected chi connectivity index (χ3v) is 5.21. The molecule has 0 amide bonds. The molecule has 3 aliphatic heterocycles. The Kier molecular flexibility index (Phi) is 3.39. The molecule has 2 fully saturated rings. The molecule has 3 heterocycles. The minimum absolute atomic E-state index is 0.0356. The van der Waals surface area contributed by atoms with Gasteiger partial charge < -0.3 is 14.2 Å². The van der Waals surface area contributed by atoms with Crippen LogP contribution in [0.2, 0.25) is 0 Å². The summed E-state index contributed by atoms with van der Waals surface area (Å²) in [5, 5.41) is 0. The van der Waals surface area contributed by atoms with Crippen LogP contribution in [0.25, 0.3) is 0 Å². The number of hydrogen-bond acceptors (Lipinski definition) is 6. The van der Waals surface area contributed by atoms with Gasteiger partial charge in [-0.2, -0.15) is 0 Å². The molecule has 0 aromatic heterocycles. The largest absolute Gasteiger partial charge is 0.454 e. The van der Waals surface area contributed by atoms with Crippen molar-refractivity contribution in [3.63, 3.8) is 0 Å². The van der Waals surface area contributed by atoms with E-state index in [1.807, 2.05) is 36.4 Å². The van der Waals surface area contributed by atoms with Gasteiger partial charge in [0.25, 0.3) is 0 Å². The van der Waals surface area contributed by atoms with Gasteiger partial charge in [0, 0.05) is 11.8 Å². The molecule has 4 atom stereocenters. The van der Waals surface area contributed by atoms with Gasteiger partial charge in [0.2, 0.25) is 6.79 Å². The summed E-state index contributed by atoms with van der Waals surface area (Å²) < 4.78 is 16.4. The topological polar surface area (TPSA) is 68.8 Å². The Hall–Kier alpha value is -2.57. The normalized spacial score (nSPS) is 30.0. The second-order valence-electron chi connectivity index (χ2n) is 6.59. The number of nitrogens with one attached hydrogen (secondary N) is 2. The molecule has 4 unspecified atom stereocenters. The van der Waals surface area contributed by atoms with Crippen LogP contribution in [0.5, 0.6) is 11.5 Å². The molecule has 2 aromatic rings. The van der Waals surface area contributed by atoms with Crippen molar-refractivity contribution < 1.29 is 19.0 Å². The molecule has 0 saturated carbocycles. The highest BCUT2D eigenvalue weighted by Gasteiger charge is 2.48. The van der Waals surface area contributed by atoms with E-state index in [0.717, 1.165) is 17.1 Å². The zero-order valence-corrected chi connectivity index (χ0v) is 13.5. The summed E-state index contributed by atoms with van der Waals surface area (Å²) in [5.41, 5.74) is 8.69. The van der Waals surface area contributed by atoms with Gasteiger partial charge in [-0.3, -0.25) is 4.79 Å². The number of esters is 1. The molecular formula is C19H18N2O4. The van der Waals surface area contributed by atoms with Crippen molar-refractivity contribution in [3.8, 4) is 11.5 Å². The van der Waals surface area contributed by atoms with Gasteiger partial charge in [-0.15, -0.1) is 0 Å². The zero-order valence-electron chi connectivity index (χ0n) is 13.5. The number of carbonyl (C=O) groups is 1. The Balaban J connectivity index is 1.53. The van der Waals surface area contributed by atoms with Crippen molar-refractivity contribution in [2.45, 2.75) is 24.6 Å². The summed E-state index contributed by atoms with van der Waals surface area (Å²) >= 11 is 0. The second-order valence-corrected chi connectivity index (χ2v) is 6.59. The van der Waals surface area contributed by atoms with Gasteiger partial charge in [-0.25, -0.2) is 10.9 Å². The quantitative estimate of drug-likeness (QED) is 0.819. The van der Waals surface area contributed by atoms with E-state index >= 15 is 0 Å². The van der Waals surface area contributed by atoms with Crippen LogP contribution in [0.1, 0.15) is 29.5 Å². The third-order valence-electron chi connectivity index (χ3n) is 5.21. The summed E-state index contributed by atoms with van der Waals surface area (Å²) in [6.07, 6.45) is 0.00918. The summed E-state index contributed by atoms with van der Waals surface area (Å²) in [6, 6.07) is 16.2. The Morgan fingerprint density at radius 3 is 2.64 bits per heavy atom. The fourth-order valence-electron chi connectivity index (χ4n) is 4.05. The lowest BCUT2D eigenvalue weighted by molar-refractivity contribution is -0.160. The van der Waals surface area contributed by atoms with Crippen LogP contribution in [-0.2, 0) is 9.53 Å². The van der Waals surface area contributed by atoms with E-state index in [1.165, 1.54) is 5.56 Å². The molecular weight excluding hydrogens is 320 g/mol. The number of benzene rings is 2. The monoisotopic (exact) mass is 338 g/mol. The van der Waals surface area contributed by atoms with Gasteiger partial charge in [0.05, 0.1) is 12.5 Å². The van der Waals surface area contributed by atoms with Crippen molar-refractivity contribution >= 4 is 5.97 Å². The van der Waals surface area contributed by atoms with E-state index < -0.39 is 0 Å². The highest BCUT2D eigenvalue weighted by atomic mass is 16.7. The lowest BCUT2D eigenvalue weighted by Crippen LogP contribution is -2.42. The van der Waals surface area contributed by atoms with E-state index in [9.17, 15) is 4.79 Å². The van der Waals surface area contributed by atoms with Gasteiger partial charge in [0.1, 0.15) is 0 Å². The maximum Gasteiger partial charge on any atom is 0.308 e. The van der Waals surface area contributed by atoms with Crippen molar-refractivity contribution in [3.05, 3.63) is 59.7 Å². The van der Waals surface area contributed by atoms with Crippen LogP contribution in [0.4, 0.5) is 0 Å². The molecule has 25 heavy (non-hydrogen) atoms. The Morgan fingerprint density at radius 2 is 1.76 bits per heavy atom. The van der Waals surface area contributed by atoms with Crippen LogP contribution in [0, 0.1) is 5.92 Å². The third kappa shape index (κ3) is 2.45. The fraction of sp³-hybridized carbons (Fsp3) is 0.316. The van der Waals surface area contributed by atoms with Crippen molar-refractivity contribution in [1.82, 2.24) is 10.9 Å². The molecule has 5 rings (SSSR count). The summed E-state index contributed by atoms with van der Waals surface area (Å²) in [4.78, 5) is 12.1. The molecule has 2 N–H and O–H groups in total. The second kappa shape index (κ2) is 5.75. The number of hydrogen-bond donors (Lipinski definition) is 2. The van der Waals surface area contributed by atoms with E-state index in [4.69, 9.17) is 14.2 Å². The van der Waals surface area contributed by atoms with Crippen molar-refractivity contribution in [2.75, 3.05) is 6.79 Å². The Bertz CT molecular complexity index is 810. The maximum atomic E-state index is 12.1. The first-order chi connectivity index (χ1) is 12.3. The maximum absolute atomic E-state index is 12.1. The van der Waals surface area contributed by atoms with Crippen LogP contribution < -0.4 is 20.3 Å². The molecule has 128 valence electrons. The van der Waals surface area contributed by atoms with Crippen LogP contribution in [-0.4, -0.2) is 19.0 Å². The first kappa shape index (κ1) is 14.7. The minimum Gasteiger partial charge on any atom is -0.454 e. The number of hydrazine groups is 1. The van der Waals surface area contributed by atoms with Gasteiger partial charge in [-0.1, -0.05) is 36.4 Å². The molecule has 2 aromatic carbocycles. The summed E-state index contributed by atoms with van der Waals surface area (Å²) in [6.45, 7) is 0.243. The van der Waals surface area contributed by atoms with E-state index in [-0.39, 0.29) is 36.9 Å².